The third-order valence-corrected chi connectivity index (χ3v) is 4.40. The third-order valence-electron chi connectivity index (χ3n) is 3.45. The van der Waals surface area contributed by atoms with Gasteiger partial charge in [0.2, 0.25) is 0 Å². The summed E-state index contributed by atoms with van der Waals surface area (Å²) >= 11 is 1.25. The van der Waals surface area contributed by atoms with Crippen molar-refractivity contribution in [3.8, 4) is 0 Å². The molecule has 1 N–H and O–H groups in total. The lowest BCUT2D eigenvalue weighted by Gasteiger charge is -2.09. The number of esters is 1. The highest BCUT2D eigenvalue weighted by molar-refractivity contribution is 7.15. The van der Waals surface area contributed by atoms with Crippen LogP contribution in [0.3, 0.4) is 0 Å². The molecule has 0 aliphatic heterocycles. The van der Waals surface area contributed by atoms with Crippen molar-refractivity contribution in [1.29, 1.82) is 0 Å². The maximum absolute atomic E-state index is 12.4. The van der Waals surface area contributed by atoms with Gasteiger partial charge in [-0.25, -0.2) is 4.79 Å². The quantitative estimate of drug-likeness (QED) is 0.477. The number of carbonyl (C=O) groups excluding carboxylic acids is 2. The van der Waals surface area contributed by atoms with E-state index in [1.807, 2.05) is 19.2 Å². The minimum absolute atomic E-state index is 0.0952. The summed E-state index contributed by atoms with van der Waals surface area (Å²) in [6.07, 6.45) is 0.689. The summed E-state index contributed by atoms with van der Waals surface area (Å²) in [4.78, 5) is 34.6. The lowest BCUT2D eigenvalue weighted by atomic mass is 10.0. The predicted octanol–water partition coefficient (Wildman–Crippen LogP) is 3.89. The number of nitro benzene ring substituents is 1. The van der Waals surface area contributed by atoms with E-state index in [2.05, 4.69) is 5.32 Å². The Bertz CT molecular complexity index is 796. The Morgan fingerprint density at radius 2 is 1.92 bits per heavy atom. The summed E-state index contributed by atoms with van der Waals surface area (Å²) in [6, 6.07) is 5.26. The number of ether oxygens (including phenoxy) is 1. The molecule has 0 unspecified atom stereocenters. The summed E-state index contributed by atoms with van der Waals surface area (Å²) in [5, 5.41) is 15.6. The van der Waals surface area contributed by atoms with Crippen molar-refractivity contribution < 1.29 is 19.2 Å². The number of anilines is 1. The van der Waals surface area contributed by atoms with Gasteiger partial charge in [0.1, 0.15) is 5.00 Å². The van der Waals surface area contributed by atoms with Crippen LogP contribution in [-0.4, -0.2) is 23.9 Å². The highest BCUT2D eigenvalue weighted by Gasteiger charge is 2.22. The monoisotopic (exact) mass is 362 g/mol. The molecule has 0 fully saturated rings. The van der Waals surface area contributed by atoms with Crippen molar-refractivity contribution in [2.45, 2.75) is 20.3 Å². The van der Waals surface area contributed by atoms with Gasteiger partial charge in [0.05, 0.1) is 17.6 Å². The predicted molar refractivity (Wildman–Crippen MR) is 95.3 cm³/mol. The van der Waals surface area contributed by atoms with Gasteiger partial charge in [0.25, 0.3) is 11.6 Å². The van der Waals surface area contributed by atoms with Crippen LogP contribution >= 0.6 is 11.3 Å². The molecule has 2 aromatic rings. The minimum atomic E-state index is -0.533. The van der Waals surface area contributed by atoms with Crippen LogP contribution in [0.25, 0.3) is 0 Å². The Balaban J connectivity index is 2.26. The summed E-state index contributed by atoms with van der Waals surface area (Å²) in [6.45, 7) is 4.07. The zero-order valence-electron chi connectivity index (χ0n) is 14.1. The zero-order chi connectivity index (χ0) is 18.6. The van der Waals surface area contributed by atoms with E-state index in [9.17, 15) is 19.7 Å². The number of methoxy groups -OCH3 is 1. The number of thiophene rings is 1. The highest BCUT2D eigenvalue weighted by Crippen LogP contribution is 2.31. The highest BCUT2D eigenvalue weighted by atomic mass is 32.1. The van der Waals surface area contributed by atoms with Crippen molar-refractivity contribution in [3.05, 3.63) is 56.5 Å². The van der Waals surface area contributed by atoms with Crippen LogP contribution in [0, 0.1) is 16.0 Å². The third kappa shape index (κ3) is 4.42. The maximum Gasteiger partial charge on any atom is 0.341 e. The standard InChI is InChI=1S/C17H18N2O5S/c1-10(2)8-12-9-25-16(14(12)17(21)24-3)18-15(20)11-4-6-13(7-5-11)19(22)23/h4-7,9-10H,8H2,1-3H3,(H,18,20). The van der Waals surface area contributed by atoms with E-state index in [1.165, 1.54) is 42.7 Å². The molecule has 0 aliphatic rings. The molecule has 1 aromatic heterocycles. The molecule has 0 radical (unpaired) electrons. The number of nitrogens with zero attached hydrogens (tertiary/aromatic N) is 1. The van der Waals surface area contributed by atoms with Crippen molar-refractivity contribution in [2.24, 2.45) is 5.92 Å². The first-order valence-electron chi connectivity index (χ1n) is 7.58. The number of nitro groups is 1. The topological polar surface area (TPSA) is 98.5 Å². The second-order valence-electron chi connectivity index (χ2n) is 5.81. The molecule has 25 heavy (non-hydrogen) atoms. The summed E-state index contributed by atoms with van der Waals surface area (Å²) < 4.78 is 4.83. The summed E-state index contributed by atoms with van der Waals surface area (Å²) in [7, 11) is 1.29. The Morgan fingerprint density at radius 1 is 1.28 bits per heavy atom. The molecule has 0 spiro atoms. The van der Waals surface area contributed by atoms with Gasteiger partial charge in [-0.1, -0.05) is 13.8 Å². The largest absolute Gasteiger partial charge is 0.465 e. The molecule has 7 nitrogen and oxygen atoms in total. The number of hydrogen-bond donors (Lipinski definition) is 1. The number of benzene rings is 1. The van der Waals surface area contributed by atoms with Crippen LogP contribution in [0.15, 0.2) is 29.6 Å². The fraction of sp³-hybridized carbons (Fsp3) is 0.294. The van der Waals surface area contributed by atoms with Crippen molar-refractivity contribution in [1.82, 2.24) is 0 Å². The van der Waals surface area contributed by atoms with E-state index < -0.39 is 16.8 Å². The van der Waals surface area contributed by atoms with Gasteiger partial charge in [-0.15, -0.1) is 11.3 Å². The number of amides is 1. The molecule has 132 valence electrons. The average molecular weight is 362 g/mol. The molecule has 0 bridgehead atoms. The van der Waals surface area contributed by atoms with Crippen molar-refractivity contribution in [2.75, 3.05) is 12.4 Å². The maximum atomic E-state index is 12.4. The second-order valence-corrected chi connectivity index (χ2v) is 6.69. The molecule has 1 aromatic carbocycles. The van der Waals surface area contributed by atoms with Crippen molar-refractivity contribution >= 4 is 33.9 Å². The molecular weight excluding hydrogens is 344 g/mol. The summed E-state index contributed by atoms with van der Waals surface area (Å²) in [5.74, 6) is -0.606. The molecule has 1 amide bonds. The van der Waals surface area contributed by atoms with E-state index in [-0.39, 0.29) is 11.3 Å². The lowest BCUT2D eigenvalue weighted by molar-refractivity contribution is -0.384. The van der Waals surface area contributed by atoms with Gasteiger partial charge in [-0.2, -0.15) is 0 Å². The average Bonchev–Trinajstić information content (AvgIpc) is 2.95. The first-order valence-corrected chi connectivity index (χ1v) is 8.46. The number of nitrogens with one attached hydrogen (secondary N) is 1. The second kappa shape index (κ2) is 7.89. The summed E-state index contributed by atoms with van der Waals surface area (Å²) in [5.41, 5.74) is 1.35. The van der Waals surface area contributed by atoms with Gasteiger partial charge in [0.15, 0.2) is 0 Å². The molecule has 0 atom stereocenters. The zero-order valence-corrected chi connectivity index (χ0v) is 14.9. The lowest BCUT2D eigenvalue weighted by Crippen LogP contribution is -2.15. The van der Waals surface area contributed by atoms with E-state index >= 15 is 0 Å². The Labute approximate surface area is 148 Å². The van der Waals surface area contributed by atoms with E-state index in [1.54, 1.807) is 0 Å². The van der Waals surface area contributed by atoms with E-state index in [0.29, 0.717) is 22.9 Å². The van der Waals surface area contributed by atoms with Crippen LogP contribution in [0.4, 0.5) is 10.7 Å². The Kier molecular flexibility index (Phi) is 5.87. The van der Waals surface area contributed by atoms with Gasteiger partial charge < -0.3 is 10.1 Å². The van der Waals surface area contributed by atoms with Gasteiger partial charge in [-0.3, -0.25) is 14.9 Å². The molecule has 8 heteroatoms. The number of carbonyl (C=O) groups is 2. The van der Waals surface area contributed by atoms with Gasteiger partial charge in [0, 0.05) is 17.7 Å². The molecular formula is C17H18N2O5S. The molecule has 1 heterocycles. The minimum Gasteiger partial charge on any atom is -0.465 e. The Hall–Kier alpha value is -2.74. The molecule has 0 saturated carbocycles. The van der Waals surface area contributed by atoms with E-state index in [4.69, 9.17) is 4.74 Å². The SMILES string of the molecule is COC(=O)c1c(CC(C)C)csc1NC(=O)c1ccc([N+](=O)[O-])cc1. The van der Waals surface area contributed by atoms with Crippen LogP contribution in [-0.2, 0) is 11.2 Å². The molecule has 0 aliphatic carbocycles. The van der Waals surface area contributed by atoms with Crippen LogP contribution in [0.5, 0.6) is 0 Å². The fourth-order valence-corrected chi connectivity index (χ4v) is 3.27. The number of non-ortho nitro benzene ring substituents is 1. The Morgan fingerprint density at radius 3 is 2.44 bits per heavy atom. The van der Waals surface area contributed by atoms with Crippen LogP contribution in [0.2, 0.25) is 0 Å². The fourth-order valence-electron chi connectivity index (χ4n) is 2.31. The van der Waals surface area contributed by atoms with Crippen molar-refractivity contribution in [3.63, 3.8) is 0 Å². The van der Waals surface area contributed by atoms with Crippen LogP contribution in [0.1, 0.15) is 40.1 Å². The van der Waals surface area contributed by atoms with Gasteiger partial charge in [-0.05, 0) is 35.4 Å². The van der Waals surface area contributed by atoms with Gasteiger partial charge >= 0.3 is 5.97 Å². The first-order chi connectivity index (χ1) is 11.8. The first kappa shape index (κ1) is 18.6. The number of hydrogen-bond acceptors (Lipinski definition) is 6. The normalized spacial score (nSPS) is 10.6. The smallest absolute Gasteiger partial charge is 0.341 e. The van der Waals surface area contributed by atoms with Crippen LogP contribution < -0.4 is 5.32 Å². The van der Waals surface area contributed by atoms with E-state index in [0.717, 1.165) is 5.56 Å². The number of rotatable bonds is 6. The molecule has 2 rings (SSSR count). The molecule has 0 saturated heterocycles.